The maximum Gasteiger partial charge on any atom is 0.137 e. The van der Waals surface area contributed by atoms with E-state index in [2.05, 4.69) is 193 Å². The largest absolute Gasteiger partial charge is 0.456 e. The summed E-state index contributed by atoms with van der Waals surface area (Å²) in [4.78, 5) is 2.37. The second-order valence-electron chi connectivity index (χ2n) is 12.5. The first-order chi connectivity index (χ1) is 24.8. The van der Waals surface area contributed by atoms with Crippen molar-refractivity contribution in [2.75, 3.05) is 4.90 Å². The molecule has 0 N–H and O–H groups in total. The number of benzene rings is 8. The van der Waals surface area contributed by atoms with E-state index in [0.717, 1.165) is 50.1 Å². The molecule has 0 fully saturated rings. The van der Waals surface area contributed by atoms with Crippen LogP contribution < -0.4 is 4.90 Å². The second-order valence-corrected chi connectivity index (χ2v) is 12.5. The van der Waals surface area contributed by atoms with Gasteiger partial charge in [-0.25, -0.2) is 0 Å². The average molecular weight is 640 g/mol. The highest BCUT2D eigenvalue weighted by atomic mass is 16.3. The molecule has 236 valence electrons. The predicted octanol–water partition coefficient (Wildman–Crippen LogP) is 13.7. The van der Waals surface area contributed by atoms with Crippen LogP contribution in [-0.2, 0) is 0 Å². The van der Waals surface area contributed by atoms with Gasteiger partial charge in [-0.2, -0.15) is 0 Å². The van der Waals surface area contributed by atoms with Gasteiger partial charge >= 0.3 is 0 Å². The number of para-hydroxylation sites is 2. The van der Waals surface area contributed by atoms with Gasteiger partial charge in [-0.3, -0.25) is 0 Å². The first kappa shape index (κ1) is 29.5. The van der Waals surface area contributed by atoms with E-state index in [0.29, 0.717) is 0 Å². The third-order valence-corrected chi connectivity index (χ3v) is 9.49. The summed E-state index contributed by atoms with van der Waals surface area (Å²) < 4.78 is 6.44. The lowest BCUT2D eigenvalue weighted by Gasteiger charge is -2.29. The molecule has 0 spiro atoms. The lowest BCUT2D eigenvalue weighted by atomic mass is 9.92. The SMILES string of the molecule is c1ccc(-c2ccccc2-c2cccc(N(c3ccc4c(c3)oc3ccccc34)c3ccccc3-c3ccccc3-c3ccccc3)c2)cc1. The molecule has 0 saturated heterocycles. The van der Waals surface area contributed by atoms with Gasteiger partial charge < -0.3 is 9.32 Å². The molecule has 0 bridgehead atoms. The van der Waals surface area contributed by atoms with Crippen molar-refractivity contribution in [3.63, 3.8) is 0 Å². The molecule has 0 radical (unpaired) electrons. The molecule has 1 aromatic heterocycles. The molecule has 8 aromatic carbocycles. The summed E-state index contributed by atoms with van der Waals surface area (Å²) in [5.41, 5.74) is 14.4. The fourth-order valence-electron chi connectivity index (χ4n) is 7.18. The van der Waals surface area contributed by atoms with Crippen LogP contribution in [0.4, 0.5) is 17.1 Å². The molecule has 50 heavy (non-hydrogen) atoms. The van der Waals surface area contributed by atoms with Crippen LogP contribution in [0.5, 0.6) is 0 Å². The Labute approximate surface area is 292 Å². The molecule has 0 amide bonds. The van der Waals surface area contributed by atoms with Crippen molar-refractivity contribution in [3.8, 4) is 44.5 Å². The summed E-state index contributed by atoms with van der Waals surface area (Å²) in [5.74, 6) is 0. The highest BCUT2D eigenvalue weighted by molar-refractivity contribution is 6.06. The Morgan fingerprint density at radius 2 is 0.800 bits per heavy atom. The first-order valence-electron chi connectivity index (χ1n) is 17.0. The Morgan fingerprint density at radius 3 is 1.52 bits per heavy atom. The zero-order valence-electron chi connectivity index (χ0n) is 27.4. The summed E-state index contributed by atoms with van der Waals surface area (Å²) in [7, 11) is 0. The number of furan rings is 1. The van der Waals surface area contributed by atoms with Gasteiger partial charge in [-0.15, -0.1) is 0 Å². The Hall–Kier alpha value is -6.64. The Kier molecular flexibility index (Phi) is 7.53. The lowest BCUT2D eigenvalue weighted by molar-refractivity contribution is 0.669. The summed E-state index contributed by atoms with van der Waals surface area (Å²) in [5, 5.41) is 2.23. The maximum atomic E-state index is 6.44. The van der Waals surface area contributed by atoms with E-state index in [1.807, 2.05) is 12.1 Å². The van der Waals surface area contributed by atoms with Crippen LogP contribution in [0.2, 0.25) is 0 Å². The van der Waals surface area contributed by atoms with Crippen molar-refractivity contribution in [2.24, 2.45) is 0 Å². The highest BCUT2D eigenvalue weighted by Crippen LogP contribution is 2.45. The third kappa shape index (κ3) is 5.34. The molecular formula is C48H33NO. The predicted molar refractivity (Wildman–Crippen MR) is 210 cm³/mol. The van der Waals surface area contributed by atoms with Gasteiger partial charge in [-0.1, -0.05) is 158 Å². The van der Waals surface area contributed by atoms with E-state index in [1.54, 1.807) is 0 Å². The first-order valence-corrected chi connectivity index (χ1v) is 17.0. The number of anilines is 3. The Morgan fingerprint density at radius 1 is 0.300 bits per heavy atom. The molecule has 0 aliphatic carbocycles. The maximum absolute atomic E-state index is 6.44. The van der Waals surface area contributed by atoms with Crippen LogP contribution in [-0.4, -0.2) is 0 Å². The second kappa shape index (κ2) is 12.8. The van der Waals surface area contributed by atoms with Crippen LogP contribution in [0, 0.1) is 0 Å². The van der Waals surface area contributed by atoms with Crippen LogP contribution in [0.15, 0.2) is 205 Å². The molecule has 0 unspecified atom stereocenters. The molecule has 1 heterocycles. The van der Waals surface area contributed by atoms with E-state index in [-0.39, 0.29) is 0 Å². The van der Waals surface area contributed by atoms with Crippen molar-refractivity contribution >= 4 is 39.0 Å². The fraction of sp³-hybridized carbons (Fsp3) is 0. The van der Waals surface area contributed by atoms with E-state index in [4.69, 9.17) is 4.42 Å². The molecule has 9 rings (SSSR count). The molecular weight excluding hydrogens is 607 g/mol. The summed E-state index contributed by atoms with van der Waals surface area (Å²) in [6, 6.07) is 71.1. The molecule has 0 aliphatic rings. The monoisotopic (exact) mass is 639 g/mol. The summed E-state index contributed by atoms with van der Waals surface area (Å²) in [6.07, 6.45) is 0. The molecule has 0 saturated carbocycles. The van der Waals surface area contributed by atoms with Crippen molar-refractivity contribution in [1.29, 1.82) is 0 Å². The average Bonchev–Trinajstić information content (AvgIpc) is 3.57. The van der Waals surface area contributed by atoms with Crippen LogP contribution >= 0.6 is 0 Å². The molecule has 0 atom stereocenters. The normalized spacial score (nSPS) is 11.2. The Bertz CT molecular complexity index is 2600. The molecule has 2 heteroatoms. The molecule has 9 aromatic rings. The minimum Gasteiger partial charge on any atom is -0.456 e. The van der Waals surface area contributed by atoms with Gasteiger partial charge in [0.25, 0.3) is 0 Å². The zero-order valence-corrected chi connectivity index (χ0v) is 27.4. The Balaban J connectivity index is 1.27. The number of nitrogens with zero attached hydrogens (tertiary/aromatic N) is 1. The number of hydrogen-bond acceptors (Lipinski definition) is 2. The summed E-state index contributed by atoms with van der Waals surface area (Å²) in [6.45, 7) is 0. The van der Waals surface area contributed by atoms with Crippen molar-refractivity contribution in [1.82, 2.24) is 0 Å². The van der Waals surface area contributed by atoms with Crippen LogP contribution in [0.1, 0.15) is 0 Å². The number of rotatable bonds is 7. The minimum atomic E-state index is 0.862. The van der Waals surface area contributed by atoms with E-state index >= 15 is 0 Å². The molecule has 0 aliphatic heterocycles. The quantitative estimate of drug-likeness (QED) is 0.173. The van der Waals surface area contributed by atoms with Crippen molar-refractivity contribution in [3.05, 3.63) is 200 Å². The highest BCUT2D eigenvalue weighted by Gasteiger charge is 2.21. The number of fused-ring (bicyclic) bond motifs is 3. The standard InChI is InChI=1S/C48H33NO/c1-3-16-34(17-4-1)39-22-7-8-24-41(39)36-20-15-21-37(32-36)49(38-30-31-45-44-27-12-14-29-47(44)50-48(45)33-38)46-28-13-11-26-43(46)42-25-10-9-23-40(42)35-18-5-2-6-19-35/h1-33H. The summed E-state index contributed by atoms with van der Waals surface area (Å²) >= 11 is 0. The topological polar surface area (TPSA) is 16.4 Å². The van der Waals surface area contributed by atoms with Crippen LogP contribution in [0.25, 0.3) is 66.4 Å². The van der Waals surface area contributed by atoms with Gasteiger partial charge in [-0.05, 0) is 75.3 Å². The van der Waals surface area contributed by atoms with Gasteiger partial charge in [0.15, 0.2) is 0 Å². The van der Waals surface area contributed by atoms with Gasteiger partial charge in [0.1, 0.15) is 11.2 Å². The zero-order chi connectivity index (χ0) is 33.3. The molecule has 2 nitrogen and oxygen atoms in total. The number of hydrogen-bond donors (Lipinski definition) is 0. The van der Waals surface area contributed by atoms with Gasteiger partial charge in [0, 0.05) is 33.8 Å². The fourth-order valence-corrected chi connectivity index (χ4v) is 7.18. The minimum absolute atomic E-state index is 0.862. The van der Waals surface area contributed by atoms with E-state index in [1.165, 1.54) is 33.4 Å². The smallest absolute Gasteiger partial charge is 0.137 e. The van der Waals surface area contributed by atoms with E-state index < -0.39 is 0 Å². The van der Waals surface area contributed by atoms with Gasteiger partial charge in [0.05, 0.1) is 5.69 Å². The third-order valence-electron chi connectivity index (χ3n) is 9.49. The van der Waals surface area contributed by atoms with E-state index in [9.17, 15) is 0 Å². The van der Waals surface area contributed by atoms with Crippen molar-refractivity contribution < 1.29 is 4.42 Å². The van der Waals surface area contributed by atoms with Gasteiger partial charge in [0.2, 0.25) is 0 Å². The van der Waals surface area contributed by atoms with Crippen molar-refractivity contribution in [2.45, 2.75) is 0 Å². The van der Waals surface area contributed by atoms with Crippen LogP contribution in [0.3, 0.4) is 0 Å². The lowest BCUT2D eigenvalue weighted by Crippen LogP contribution is -2.11.